The number of quaternary nitrogens is 1. The Morgan fingerprint density at radius 2 is 1.47 bits per heavy atom. The van der Waals surface area contributed by atoms with Crippen molar-refractivity contribution in [3.8, 4) is 0 Å². The maximum atomic E-state index is 3.57. The predicted molar refractivity (Wildman–Crippen MR) is 68.3 cm³/mol. The lowest BCUT2D eigenvalue weighted by molar-refractivity contribution is -0.884. The number of hydrogen-bond donors (Lipinski definition) is 0. The maximum absolute atomic E-state index is 3.57. The van der Waals surface area contributed by atoms with Gasteiger partial charge in [0, 0.05) is 14.5 Å². The fourth-order valence-corrected chi connectivity index (χ4v) is 2.62. The van der Waals surface area contributed by atoms with E-state index in [1.165, 1.54) is 20.1 Å². The molecule has 0 heterocycles. The Labute approximate surface area is 119 Å². The highest BCUT2D eigenvalue weighted by atomic mass is 79.9. The van der Waals surface area contributed by atoms with Crippen LogP contribution in [-0.4, -0.2) is 25.6 Å². The summed E-state index contributed by atoms with van der Waals surface area (Å²) in [5, 5.41) is 0. The first-order valence-electron chi connectivity index (χ1n) is 4.54. The molecule has 0 N–H and O–H groups in total. The highest BCUT2D eigenvalue weighted by molar-refractivity contribution is 9.11. The van der Waals surface area contributed by atoms with Crippen LogP contribution in [0.25, 0.3) is 0 Å². The summed E-state index contributed by atoms with van der Waals surface area (Å²) >= 11 is 7.13. The second kappa shape index (κ2) is 5.80. The van der Waals surface area contributed by atoms with E-state index >= 15 is 0 Å². The Morgan fingerprint density at radius 1 is 1.07 bits per heavy atom. The first kappa shape index (κ1) is 15.6. The largest absolute Gasteiger partial charge is 1.00 e. The van der Waals surface area contributed by atoms with Crippen molar-refractivity contribution in [3.63, 3.8) is 0 Å². The summed E-state index contributed by atoms with van der Waals surface area (Å²) in [6.45, 7) is 3.14. The molecule has 1 aromatic carbocycles. The Kier molecular flexibility index (Phi) is 6.04. The molecule has 15 heavy (non-hydrogen) atoms. The van der Waals surface area contributed by atoms with Crippen LogP contribution >= 0.6 is 31.9 Å². The molecule has 86 valence electrons. The zero-order valence-electron chi connectivity index (χ0n) is 9.44. The van der Waals surface area contributed by atoms with E-state index in [4.69, 9.17) is 0 Å². The average molecular weight is 402 g/mol. The molecule has 0 aliphatic rings. The number of rotatable bonds is 2. The third-order valence-electron chi connectivity index (χ3n) is 2.00. The second-order valence-corrected chi connectivity index (χ2v) is 6.34. The highest BCUT2D eigenvalue weighted by Gasteiger charge is 2.11. The molecular weight excluding hydrogens is 386 g/mol. The molecule has 0 radical (unpaired) electrons. The lowest BCUT2D eigenvalue weighted by Gasteiger charge is -2.24. The molecule has 0 fully saturated rings. The van der Waals surface area contributed by atoms with Crippen molar-refractivity contribution in [2.24, 2.45) is 0 Å². The van der Waals surface area contributed by atoms with Crippen molar-refractivity contribution in [2.75, 3.05) is 21.1 Å². The number of hydrogen-bond acceptors (Lipinski definition) is 0. The molecule has 0 aliphatic carbocycles. The van der Waals surface area contributed by atoms with Crippen molar-refractivity contribution < 1.29 is 21.5 Å². The summed E-state index contributed by atoms with van der Waals surface area (Å²) in [6.07, 6.45) is 0. The molecule has 1 aromatic rings. The van der Waals surface area contributed by atoms with Gasteiger partial charge < -0.3 is 21.5 Å². The maximum Gasteiger partial charge on any atom is 0.104 e. The summed E-state index contributed by atoms with van der Waals surface area (Å²) in [5.74, 6) is 0. The Morgan fingerprint density at radius 3 is 1.80 bits per heavy atom. The Balaban J connectivity index is 0.00000196. The molecule has 4 heteroatoms. The minimum atomic E-state index is 0. The van der Waals surface area contributed by atoms with Crippen molar-refractivity contribution in [3.05, 3.63) is 32.2 Å². The normalized spacial score (nSPS) is 11.1. The zero-order valence-corrected chi connectivity index (χ0v) is 14.2. The van der Waals surface area contributed by atoms with E-state index < -0.39 is 0 Å². The fraction of sp³-hybridized carbons (Fsp3) is 0.455. The van der Waals surface area contributed by atoms with Gasteiger partial charge in [0.15, 0.2) is 0 Å². The van der Waals surface area contributed by atoms with E-state index in [2.05, 4.69) is 72.1 Å². The van der Waals surface area contributed by atoms with Gasteiger partial charge in [-0.05, 0) is 24.6 Å². The highest BCUT2D eigenvalue weighted by Crippen LogP contribution is 2.27. The van der Waals surface area contributed by atoms with Gasteiger partial charge in [0.25, 0.3) is 0 Å². The van der Waals surface area contributed by atoms with Crippen LogP contribution in [0.15, 0.2) is 21.1 Å². The van der Waals surface area contributed by atoms with E-state index in [0.717, 1.165) is 11.0 Å². The van der Waals surface area contributed by atoms with Gasteiger partial charge in [0.2, 0.25) is 0 Å². The summed E-state index contributed by atoms with van der Waals surface area (Å²) in [4.78, 5) is 0. The van der Waals surface area contributed by atoms with E-state index in [0.29, 0.717) is 0 Å². The van der Waals surface area contributed by atoms with Gasteiger partial charge in [0.1, 0.15) is 6.54 Å². The van der Waals surface area contributed by atoms with Crippen molar-refractivity contribution in [2.45, 2.75) is 13.5 Å². The standard InChI is InChI=1S/C11H16Br2N.BrH/c1-8-10(12)5-9(6-11(8)13)7-14(2,3)4;/h5-6H,7H2,1-4H3;1H/q+1;/p-1. The first-order valence-corrected chi connectivity index (χ1v) is 6.13. The molecule has 0 amide bonds. The Hall–Kier alpha value is 0.620. The van der Waals surface area contributed by atoms with Gasteiger partial charge in [-0.2, -0.15) is 0 Å². The molecule has 0 spiro atoms. The van der Waals surface area contributed by atoms with E-state index in [1.807, 2.05) is 0 Å². The third kappa shape index (κ3) is 4.98. The molecule has 1 rings (SSSR count). The van der Waals surface area contributed by atoms with Crippen molar-refractivity contribution >= 4 is 31.9 Å². The van der Waals surface area contributed by atoms with Crippen LogP contribution in [0.3, 0.4) is 0 Å². The molecule has 0 atom stereocenters. The van der Waals surface area contributed by atoms with Crippen LogP contribution in [0.1, 0.15) is 11.1 Å². The summed E-state index contributed by atoms with van der Waals surface area (Å²) in [5.41, 5.74) is 2.61. The number of benzene rings is 1. The number of halogens is 3. The monoisotopic (exact) mass is 399 g/mol. The quantitative estimate of drug-likeness (QED) is 0.641. The van der Waals surface area contributed by atoms with E-state index in [-0.39, 0.29) is 17.0 Å². The van der Waals surface area contributed by atoms with Crippen LogP contribution in [0.5, 0.6) is 0 Å². The Bertz CT molecular complexity index is 319. The lowest BCUT2D eigenvalue weighted by atomic mass is 10.1. The van der Waals surface area contributed by atoms with Crippen molar-refractivity contribution in [1.82, 2.24) is 0 Å². The fourth-order valence-electron chi connectivity index (χ4n) is 1.34. The molecule has 1 nitrogen and oxygen atoms in total. The van der Waals surface area contributed by atoms with Crippen LogP contribution in [0, 0.1) is 6.92 Å². The van der Waals surface area contributed by atoms with Gasteiger partial charge in [-0.25, -0.2) is 0 Å². The number of nitrogens with zero attached hydrogens (tertiary/aromatic N) is 1. The average Bonchev–Trinajstić information content (AvgIpc) is 1.96. The van der Waals surface area contributed by atoms with Gasteiger partial charge >= 0.3 is 0 Å². The van der Waals surface area contributed by atoms with Gasteiger partial charge in [-0.1, -0.05) is 31.9 Å². The van der Waals surface area contributed by atoms with Crippen LogP contribution in [0.2, 0.25) is 0 Å². The van der Waals surface area contributed by atoms with Crippen LogP contribution < -0.4 is 17.0 Å². The van der Waals surface area contributed by atoms with Crippen LogP contribution in [-0.2, 0) is 6.54 Å². The van der Waals surface area contributed by atoms with Gasteiger partial charge in [-0.3, -0.25) is 0 Å². The smallest absolute Gasteiger partial charge is 0.104 e. The second-order valence-electron chi connectivity index (χ2n) is 4.63. The van der Waals surface area contributed by atoms with Crippen molar-refractivity contribution in [1.29, 1.82) is 0 Å². The molecule has 0 bridgehead atoms. The van der Waals surface area contributed by atoms with E-state index in [1.54, 1.807) is 0 Å². The first-order chi connectivity index (χ1) is 6.29. The molecule has 0 saturated carbocycles. The molecule has 0 aromatic heterocycles. The topological polar surface area (TPSA) is 0 Å². The SMILES string of the molecule is Cc1c(Br)cc(C[N+](C)(C)C)cc1Br.[Br-]. The van der Waals surface area contributed by atoms with Gasteiger partial charge in [-0.15, -0.1) is 0 Å². The summed E-state index contributed by atoms with van der Waals surface area (Å²) in [6, 6.07) is 4.40. The third-order valence-corrected chi connectivity index (χ3v) is 3.64. The minimum Gasteiger partial charge on any atom is -1.00 e. The molecule has 0 saturated heterocycles. The van der Waals surface area contributed by atoms with Gasteiger partial charge in [0.05, 0.1) is 21.1 Å². The van der Waals surface area contributed by atoms with E-state index in [9.17, 15) is 0 Å². The summed E-state index contributed by atoms with van der Waals surface area (Å²) in [7, 11) is 6.59. The zero-order chi connectivity index (χ0) is 10.9. The summed E-state index contributed by atoms with van der Waals surface area (Å²) < 4.78 is 3.30. The molecule has 0 aliphatic heterocycles. The molecular formula is C11H16Br3N. The molecule has 0 unspecified atom stereocenters. The minimum absolute atomic E-state index is 0. The lowest BCUT2D eigenvalue weighted by Crippen LogP contribution is -3.00. The van der Waals surface area contributed by atoms with Crippen LogP contribution in [0.4, 0.5) is 0 Å². The predicted octanol–water partition coefficient (Wildman–Crippen LogP) is 0.730.